The monoisotopic (exact) mass is 208 g/mol. The van der Waals surface area contributed by atoms with Crippen molar-refractivity contribution in [2.24, 2.45) is 0 Å². The lowest BCUT2D eigenvalue weighted by Gasteiger charge is -2.40. The topological polar surface area (TPSA) is 43.4 Å². The molecule has 1 fully saturated rings. The van der Waals surface area contributed by atoms with E-state index < -0.39 is 5.60 Å². The van der Waals surface area contributed by atoms with E-state index in [0.717, 1.165) is 24.0 Å². The van der Waals surface area contributed by atoms with Gasteiger partial charge in [-0.15, -0.1) is 0 Å². The molecule has 0 unspecified atom stereocenters. The number of allylic oxidation sites excluding steroid dienone is 1. The summed E-state index contributed by atoms with van der Waals surface area (Å²) in [5, 5.41) is 0. The molecule has 0 radical (unpaired) electrons. The Hall–Kier alpha value is -0.960. The fourth-order valence-electron chi connectivity index (χ4n) is 2.76. The molecule has 82 valence electrons. The number of ether oxygens (including phenoxy) is 1. The minimum atomic E-state index is -0.754. The van der Waals surface area contributed by atoms with Crippen LogP contribution in [-0.4, -0.2) is 24.3 Å². The van der Waals surface area contributed by atoms with Crippen LogP contribution in [0.1, 0.15) is 39.0 Å². The number of fused-ring (bicyclic) bond motifs is 1. The van der Waals surface area contributed by atoms with Gasteiger partial charge in [0.1, 0.15) is 5.60 Å². The Morgan fingerprint density at radius 2 is 1.93 bits per heavy atom. The maximum Gasteiger partial charge on any atom is 0.168 e. The molecule has 1 saturated carbocycles. The normalized spacial score (nSPS) is 31.9. The Balaban J connectivity index is 2.52. The Morgan fingerprint density at radius 1 is 1.20 bits per heavy atom. The molecule has 0 aromatic heterocycles. The Morgan fingerprint density at radius 3 is 2.60 bits per heavy atom. The van der Waals surface area contributed by atoms with Crippen LogP contribution in [0.3, 0.4) is 0 Å². The molecular formula is C12H16O3. The predicted octanol–water partition coefficient (Wildman–Crippen LogP) is 1.80. The molecule has 0 N–H and O–H groups in total. The molecule has 3 heteroatoms. The van der Waals surface area contributed by atoms with Gasteiger partial charge in [0.05, 0.1) is 0 Å². The van der Waals surface area contributed by atoms with Crippen molar-refractivity contribution in [3.8, 4) is 0 Å². The number of carbonyl (C=O) groups excluding carboxylic acids is 2. The lowest BCUT2D eigenvalue weighted by molar-refractivity contribution is -0.141. The van der Waals surface area contributed by atoms with E-state index in [2.05, 4.69) is 0 Å². The molecule has 0 aromatic rings. The van der Waals surface area contributed by atoms with Gasteiger partial charge < -0.3 is 4.74 Å². The van der Waals surface area contributed by atoms with Crippen molar-refractivity contribution in [1.29, 1.82) is 0 Å². The zero-order valence-corrected chi connectivity index (χ0v) is 9.26. The third-order valence-electron chi connectivity index (χ3n) is 3.69. The van der Waals surface area contributed by atoms with Gasteiger partial charge >= 0.3 is 0 Å². The van der Waals surface area contributed by atoms with Gasteiger partial charge in [-0.05, 0) is 37.3 Å². The maximum absolute atomic E-state index is 12.0. The molecule has 0 spiro atoms. The standard InChI is InChI=1S/C12H16O3/c1-8-9-4-3-5-11(14)12(9,15-2)7-6-10(8)13/h3-7H2,1-2H3/t12-/m1/s1. The first-order chi connectivity index (χ1) is 7.12. The van der Waals surface area contributed by atoms with E-state index in [9.17, 15) is 9.59 Å². The molecule has 2 aliphatic carbocycles. The maximum atomic E-state index is 12.0. The van der Waals surface area contributed by atoms with Crippen LogP contribution in [0.4, 0.5) is 0 Å². The summed E-state index contributed by atoms with van der Waals surface area (Å²) in [4.78, 5) is 23.6. The van der Waals surface area contributed by atoms with Crippen molar-refractivity contribution >= 4 is 11.6 Å². The predicted molar refractivity (Wildman–Crippen MR) is 55.5 cm³/mol. The van der Waals surface area contributed by atoms with Crippen LogP contribution >= 0.6 is 0 Å². The second-order valence-corrected chi connectivity index (χ2v) is 4.33. The summed E-state index contributed by atoms with van der Waals surface area (Å²) in [5.41, 5.74) is 0.949. The summed E-state index contributed by atoms with van der Waals surface area (Å²) in [5.74, 6) is 0.325. The third kappa shape index (κ3) is 1.37. The van der Waals surface area contributed by atoms with Crippen LogP contribution in [0, 0.1) is 0 Å². The molecule has 15 heavy (non-hydrogen) atoms. The molecule has 1 atom stereocenters. The number of carbonyl (C=O) groups is 2. The third-order valence-corrected chi connectivity index (χ3v) is 3.69. The highest BCUT2D eigenvalue weighted by atomic mass is 16.5. The Kier molecular flexibility index (Phi) is 2.51. The van der Waals surface area contributed by atoms with Crippen LogP contribution in [0.25, 0.3) is 0 Å². The second kappa shape index (κ2) is 3.56. The molecule has 0 saturated heterocycles. The molecule has 0 aromatic carbocycles. The van der Waals surface area contributed by atoms with Gasteiger partial charge in [0, 0.05) is 20.0 Å². The average Bonchev–Trinajstić information content (AvgIpc) is 2.25. The number of ketones is 2. The minimum absolute atomic E-state index is 0.151. The van der Waals surface area contributed by atoms with Gasteiger partial charge in [0.2, 0.25) is 0 Å². The minimum Gasteiger partial charge on any atom is -0.366 e. The van der Waals surface area contributed by atoms with E-state index in [-0.39, 0.29) is 11.6 Å². The quantitative estimate of drug-likeness (QED) is 0.660. The van der Waals surface area contributed by atoms with Crippen LogP contribution in [0.15, 0.2) is 11.1 Å². The first-order valence-corrected chi connectivity index (χ1v) is 5.43. The van der Waals surface area contributed by atoms with E-state index in [1.807, 2.05) is 6.92 Å². The summed E-state index contributed by atoms with van der Waals surface area (Å²) in [6.07, 6.45) is 3.24. The van der Waals surface area contributed by atoms with Crippen molar-refractivity contribution in [3.63, 3.8) is 0 Å². The van der Waals surface area contributed by atoms with Gasteiger partial charge in [0.25, 0.3) is 0 Å². The largest absolute Gasteiger partial charge is 0.366 e. The summed E-state index contributed by atoms with van der Waals surface area (Å²) >= 11 is 0. The van der Waals surface area contributed by atoms with Gasteiger partial charge in [0.15, 0.2) is 11.6 Å². The van der Waals surface area contributed by atoms with Crippen molar-refractivity contribution in [3.05, 3.63) is 11.1 Å². The summed E-state index contributed by atoms with van der Waals surface area (Å²) in [6, 6.07) is 0. The number of hydrogen-bond donors (Lipinski definition) is 0. The van der Waals surface area contributed by atoms with Crippen molar-refractivity contribution in [2.75, 3.05) is 7.11 Å². The summed E-state index contributed by atoms with van der Waals surface area (Å²) in [6.45, 7) is 1.82. The van der Waals surface area contributed by atoms with Crippen LogP contribution in [0.2, 0.25) is 0 Å². The van der Waals surface area contributed by atoms with Crippen molar-refractivity contribution < 1.29 is 14.3 Å². The molecule has 2 aliphatic rings. The fourth-order valence-corrected chi connectivity index (χ4v) is 2.76. The zero-order chi connectivity index (χ0) is 11.1. The number of rotatable bonds is 1. The first kappa shape index (κ1) is 10.6. The molecular weight excluding hydrogens is 192 g/mol. The Labute approximate surface area is 89.5 Å². The number of methoxy groups -OCH3 is 1. The highest BCUT2D eigenvalue weighted by Crippen LogP contribution is 2.42. The molecule has 0 heterocycles. The second-order valence-electron chi connectivity index (χ2n) is 4.33. The smallest absolute Gasteiger partial charge is 0.168 e. The Bertz CT molecular complexity index is 354. The number of hydrogen-bond acceptors (Lipinski definition) is 3. The molecule has 0 bridgehead atoms. The summed E-state index contributed by atoms with van der Waals surface area (Å²) in [7, 11) is 1.58. The van der Waals surface area contributed by atoms with Gasteiger partial charge in [-0.3, -0.25) is 9.59 Å². The van der Waals surface area contributed by atoms with Crippen LogP contribution < -0.4 is 0 Å². The molecule has 0 aliphatic heterocycles. The number of Topliss-reactive ketones (excluding diaryl/α,β-unsaturated/α-hetero) is 2. The highest BCUT2D eigenvalue weighted by molar-refractivity contribution is 6.02. The molecule has 3 nitrogen and oxygen atoms in total. The fraction of sp³-hybridized carbons (Fsp3) is 0.667. The van der Waals surface area contributed by atoms with Crippen LogP contribution in [-0.2, 0) is 14.3 Å². The SMILES string of the molecule is CO[C@]12CCC(=O)C(C)=C1CCCC2=O. The van der Waals surface area contributed by atoms with E-state index in [0.29, 0.717) is 19.3 Å². The van der Waals surface area contributed by atoms with Crippen LogP contribution in [0.5, 0.6) is 0 Å². The van der Waals surface area contributed by atoms with E-state index in [4.69, 9.17) is 4.74 Å². The van der Waals surface area contributed by atoms with Crippen molar-refractivity contribution in [1.82, 2.24) is 0 Å². The van der Waals surface area contributed by atoms with Gasteiger partial charge in [-0.1, -0.05) is 0 Å². The first-order valence-electron chi connectivity index (χ1n) is 5.43. The zero-order valence-electron chi connectivity index (χ0n) is 9.26. The van der Waals surface area contributed by atoms with Gasteiger partial charge in [-0.2, -0.15) is 0 Å². The van der Waals surface area contributed by atoms with E-state index in [1.54, 1.807) is 7.11 Å². The lowest BCUT2D eigenvalue weighted by atomic mass is 9.70. The lowest BCUT2D eigenvalue weighted by Crippen LogP contribution is -2.48. The van der Waals surface area contributed by atoms with E-state index in [1.165, 1.54) is 0 Å². The average molecular weight is 208 g/mol. The summed E-state index contributed by atoms with van der Waals surface area (Å²) < 4.78 is 5.45. The van der Waals surface area contributed by atoms with Gasteiger partial charge in [-0.25, -0.2) is 0 Å². The van der Waals surface area contributed by atoms with Crippen molar-refractivity contribution in [2.45, 2.75) is 44.6 Å². The molecule has 2 rings (SSSR count). The highest BCUT2D eigenvalue weighted by Gasteiger charge is 2.47. The van der Waals surface area contributed by atoms with E-state index >= 15 is 0 Å². The molecule has 0 amide bonds.